The predicted octanol–water partition coefficient (Wildman–Crippen LogP) is 2.15. The van der Waals surface area contributed by atoms with Crippen LogP contribution in [0.2, 0.25) is 0 Å². The zero-order valence-electron chi connectivity index (χ0n) is 6.10. The minimum Gasteiger partial charge on any atom is -0.399 e. The molecule has 1 aromatic carbocycles. The zero-order valence-corrected chi connectivity index (χ0v) is 7.68. The number of nitrogen functional groups attached to an aromatic ring is 1. The average molecular weight is 214 g/mol. The highest BCUT2D eigenvalue weighted by Gasteiger charge is 2.01. The first-order valence-electron chi connectivity index (χ1n) is 3.16. The molecule has 0 radical (unpaired) electrons. The van der Waals surface area contributed by atoms with Gasteiger partial charge in [0.05, 0.1) is 0 Å². The van der Waals surface area contributed by atoms with E-state index in [4.69, 9.17) is 5.73 Å². The van der Waals surface area contributed by atoms with Gasteiger partial charge in [0.2, 0.25) is 0 Å². The smallest absolute Gasteiger partial charge is 0.150 e. The summed E-state index contributed by atoms with van der Waals surface area (Å²) in [6.07, 6.45) is 0.802. The van der Waals surface area contributed by atoms with Crippen LogP contribution in [-0.4, -0.2) is 6.29 Å². The summed E-state index contributed by atoms with van der Waals surface area (Å²) in [5, 5.41) is 0. The summed E-state index contributed by atoms with van der Waals surface area (Å²) in [5.74, 6) is 0. The number of aldehydes is 1. The van der Waals surface area contributed by atoms with Gasteiger partial charge in [0.15, 0.2) is 0 Å². The van der Waals surface area contributed by atoms with Gasteiger partial charge >= 0.3 is 0 Å². The summed E-state index contributed by atoms with van der Waals surface area (Å²) in [4.78, 5) is 10.5. The third-order valence-corrected chi connectivity index (χ3v) is 2.36. The van der Waals surface area contributed by atoms with Crippen LogP contribution in [0.1, 0.15) is 15.9 Å². The Labute approximate surface area is 73.5 Å². The molecule has 0 saturated heterocycles. The van der Waals surface area contributed by atoms with Crippen LogP contribution in [0.4, 0.5) is 5.69 Å². The second kappa shape index (κ2) is 3.05. The van der Waals surface area contributed by atoms with Crippen molar-refractivity contribution in [2.75, 3.05) is 5.73 Å². The number of rotatable bonds is 1. The average Bonchev–Trinajstić information content (AvgIpc) is 1.96. The highest BCUT2D eigenvalue weighted by molar-refractivity contribution is 9.10. The van der Waals surface area contributed by atoms with Gasteiger partial charge in [0.1, 0.15) is 6.29 Å². The fourth-order valence-electron chi connectivity index (χ4n) is 0.844. The van der Waals surface area contributed by atoms with Crippen LogP contribution in [0, 0.1) is 6.92 Å². The summed E-state index contributed by atoms with van der Waals surface area (Å²) in [6, 6.07) is 3.44. The van der Waals surface area contributed by atoms with E-state index in [1.165, 1.54) is 0 Å². The fraction of sp³-hybridized carbons (Fsp3) is 0.125. The summed E-state index contributed by atoms with van der Waals surface area (Å²) in [5.41, 5.74) is 7.68. The normalized spacial score (nSPS) is 9.64. The number of halogens is 1. The minimum atomic E-state index is 0.601. The summed E-state index contributed by atoms with van der Waals surface area (Å²) in [6.45, 7) is 1.87. The molecule has 0 bridgehead atoms. The molecule has 0 unspecified atom stereocenters. The van der Waals surface area contributed by atoms with Gasteiger partial charge in [-0.05, 0) is 24.6 Å². The van der Waals surface area contributed by atoms with E-state index in [9.17, 15) is 4.79 Å². The molecule has 2 N–H and O–H groups in total. The first-order chi connectivity index (χ1) is 5.15. The van der Waals surface area contributed by atoms with E-state index in [2.05, 4.69) is 15.9 Å². The first-order valence-corrected chi connectivity index (χ1v) is 3.95. The molecular weight excluding hydrogens is 206 g/mol. The second-order valence-corrected chi connectivity index (χ2v) is 3.19. The molecule has 0 heterocycles. The van der Waals surface area contributed by atoms with E-state index >= 15 is 0 Å². The zero-order chi connectivity index (χ0) is 8.43. The molecule has 0 saturated carbocycles. The van der Waals surface area contributed by atoms with Gasteiger partial charge < -0.3 is 5.73 Å². The Hall–Kier alpha value is -0.830. The second-order valence-electron chi connectivity index (χ2n) is 2.33. The molecule has 0 aliphatic carbocycles. The van der Waals surface area contributed by atoms with Crippen LogP contribution in [-0.2, 0) is 0 Å². The number of carbonyl (C=O) groups excluding carboxylic acids is 1. The molecule has 1 rings (SSSR count). The van der Waals surface area contributed by atoms with Gasteiger partial charge in [-0.1, -0.05) is 15.9 Å². The van der Waals surface area contributed by atoms with E-state index in [0.717, 1.165) is 16.3 Å². The maximum atomic E-state index is 10.5. The Morgan fingerprint density at radius 2 is 2.18 bits per heavy atom. The number of hydrogen-bond donors (Lipinski definition) is 1. The van der Waals surface area contributed by atoms with Crippen molar-refractivity contribution in [3.8, 4) is 0 Å². The predicted molar refractivity (Wildman–Crippen MR) is 48.7 cm³/mol. The molecule has 11 heavy (non-hydrogen) atoms. The minimum absolute atomic E-state index is 0.601. The van der Waals surface area contributed by atoms with Crippen molar-refractivity contribution in [1.29, 1.82) is 0 Å². The quantitative estimate of drug-likeness (QED) is 0.574. The molecule has 58 valence electrons. The lowest BCUT2D eigenvalue weighted by molar-refractivity contribution is 0.112. The van der Waals surface area contributed by atoms with Gasteiger partial charge in [0.25, 0.3) is 0 Å². The standard InChI is InChI=1S/C8H8BrNO/c1-5-6(4-11)2-7(10)3-8(5)9/h2-4H,10H2,1H3. The Kier molecular flexibility index (Phi) is 2.29. The van der Waals surface area contributed by atoms with Crippen molar-refractivity contribution in [3.63, 3.8) is 0 Å². The molecule has 0 aromatic heterocycles. The van der Waals surface area contributed by atoms with E-state index in [1.54, 1.807) is 12.1 Å². The largest absolute Gasteiger partial charge is 0.399 e. The molecule has 0 aliphatic rings. The number of benzene rings is 1. The number of hydrogen-bond acceptors (Lipinski definition) is 2. The van der Waals surface area contributed by atoms with Gasteiger partial charge in [-0.2, -0.15) is 0 Å². The first kappa shape index (κ1) is 8.27. The number of carbonyl (C=O) groups is 1. The van der Waals surface area contributed by atoms with Crippen molar-refractivity contribution >= 4 is 27.9 Å². The Morgan fingerprint density at radius 3 is 2.73 bits per heavy atom. The van der Waals surface area contributed by atoms with Crippen LogP contribution in [0.3, 0.4) is 0 Å². The van der Waals surface area contributed by atoms with Gasteiger partial charge in [-0.15, -0.1) is 0 Å². The third kappa shape index (κ3) is 1.60. The third-order valence-electron chi connectivity index (χ3n) is 1.53. The molecule has 0 amide bonds. The van der Waals surface area contributed by atoms with Crippen molar-refractivity contribution in [2.45, 2.75) is 6.92 Å². The molecule has 0 aliphatic heterocycles. The van der Waals surface area contributed by atoms with E-state index in [0.29, 0.717) is 11.3 Å². The summed E-state index contributed by atoms with van der Waals surface area (Å²) < 4.78 is 0.875. The lowest BCUT2D eigenvalue weighted by Crippen LogP contribution is -1.92. The maximum Gasteiger partial charge on any atom is 0.150 e. The molecule has 0 atom stereocenters. The molecular formula is C8H8BrNO. The number of nitrogens with two attached hydrogens (primary N) is 1. The molecule has 2 nitrogen and oxygen atoms in total. The topological polar surface area (TPSA) is 43.1 Å². The van der Waals surface area contributed by atoms with Gasteiger partial charge in [0, 0.05) is 15.7 Å². The molecule has 1 aromatic rings. The monoisotopic (exact) mass is 213 g/mol. The lowest BCUT2D eigenvalue weighted by atomic mass is 10.1. The molecule has 0 spiro atoms. The van der Waals surface area contributed by atoms with Crippen LogP contribution in [0.25, 0.3) is 0 Å². The van der Waals surface area contributed by atoms with Crippen LogP contribution in [0.15, 0.2) is 16.6 Å². The highest BCUT2D eigenvalue weighted by Crippen LogP contribution is 2.21. The highest BCUT2D eigenvalue weighted by atomic mass is 79.9. The van der Waals surface area contributed by atoms with Gasteiger partial charge in [-0.25, -0.2) is 0 Å². The van der Waals surface area contributed by atoms with Crippen LogP contribution < -0.4 is 5.73 Å². The number of anilines is 1. The maximum absolute atomic E-state index is 10.5. The fourth-order valence-corrected chi connectivity index (χ4v) is 1.34. The SMILES string of the molecule is Cc1c(Br)cc(N)cc1C=O. The Bertz CT molecular complexity index is 296. The van der Waals surface area contributed by atoms with Crippen molar-refractivity contribution in [3.05, 3.63) is 27.7 Å². The molecule has 3 heteroatoms. The van der Waals surface area contributed by atoms with Crippen molar-refractivity contribution in [1.82, 2.24) is 0 Å². The molecule has 0 fully saturated rings. The van der Waals surface area contributed by atoms with E-state index < -0.39 is 0 Å². The summed E-state index contributed by atoms with van der Waals surface area (Å²) in [7, 11) is 0. The van der Waals surface area contributed by atoms with Crippen LogP contribution in [0.5, 0.6) is 0 Å². The van der Waals surface area contributed by atoms with Crippen molar-refractivity contribution < 1.29 is 4.79 Å². The Balaban J connectivity index is 3.35. The Morgan fingerprint density at radius 1 is 1.55 bits per heavy atom. The van der Waals surface area contributed by atoms with Crippen molar-refractivity contribution in [2.24, 2.45) is 0 Å². The lowest BCUT2D eigenvalue weighted by Gasteiger charge is -2.02. The van der Waals surface area contributed by atoms with E-state index in [1.807, 2.05) is 6.92 Å². The summed E-state index contributed by atoms with van der Waals surface area (Å²) >= 11 is 3.30. The van der Waals surface area contributed by atoms with E-state index in [-0.39, 0.29) is 0 Å². The van der Waals surface area contributed by atoms with Gasteiger partial charge in [-0.3, -0.25) is 4.79 Å². The van der Waals surface area contributed by atoms with Crippen LogP contribution >= 0.6 is 15.9 Å².